The van der Waals surface area contributed by atoms with Gasteiger partial charge in [0, 0.05) is 4.90 Å². The highest BCUT2D eigenvalue weighted by Crippen LogP contribution is 2.13. The Hall–Kier alpha value is -0.280. The third kappa shape index (κ3) is 1.85. The minimum absolute atomic E-state index is 0.874. The lowest BCUT2D eigenvalue weighted by molar-refractivity contribution is 0.691. The summed E-state index contributed by atoms with van der Waals surface area (Å²) < 4.78 is 11.1. The van der Waals surface area contributed by atoms with Crippen molar-refractivity contribution in [3.05, 3.63) is 30.3 Å². The lowest BCUT2D eigenvalue weighted by atomic mass is 10.4. The average Bonchev–Trinajstić information content (AvgIpc) is 2.05. The van der Waals surface area contributed by atoms with Crippen LogP contribution in [0.15, 0.2) is 35.2 Å². The highest BCUT2D eigenvalue weighted by Gasteiger charge is 1.97. The van der Waals surface area contributed by atoms with Gasteiger partial charge < -0.3 is 0 Å². The second-order valence-corrected chi connectivity index (χ2v) is 4.90. The first-order chi connectivity index (χ1) is 4.84. The van der Waals surface area contributed by atoms with E-state index in [0.717, 1.165) is 4.90 Å². The zero-order valence-corrected chi connectivity index (χ0v) is 7.24. The highest BCUT2D eigenvalue weighted by atomic mass is 33.1. The van der Waals surface area contributed by atoms with E-state index in [1.54, 1.807) is 0 Å². The van der Waals surface area contributed by atoms with Crippen molar-refractivity contribution in [3.63, 3.8) is 0 Å². The van der Waals surface area contributed by atoms with Gasteiger partial charge in [-0.1, -0.05) is 29.0 Å². The average molecular weight is 172 g/mol. The van der Waals surface area contributed by atoms with Gasteiger partial charge in [0.15, 0.2) is 0 Å². The van der Waals surface area contributed by atoms with Crippen molar-refractivity contribution in [3.8, 4) is 0 Å². The summed E-state index contributed by atoms with van der Waals surface area (Å²) in [5.74, 6) is 0. The van der Waals surface area contributed by atoms with E-state index >= 15 is 0 Å². The van der Waals surface area contributed by atoms with E-state index in [1.165, 1.54) is 10.8 Å². The SMILES string of the molecule is CSS(=O)c1ccccc1. The summed E-state index contributed by atoms with van der Waals surface area (Å²) in [5, 5.41) is 0. The van der Waals surface area contributed by atoms with Crippen LogP contribution in [-0.2, 0) is 9.83 Å². The van der Waals surface area contributed by atoms with Crippen LogP contribution in [0.2, 0.25) is 0 Å². The molecule has 1 aromatic rings. The van der Waals surface area contributed by atoms with Crippen molar-refractivity contribution >= 4 is 20.6 Å². The number of hydrogen-bond donors (Lipinski definition) is 0. The Balaban J connectivity index is 2.85. The van der Waals surface area contributed by atoms with Crippen molar-refractivity contribution in [2.24, 2.45) is 0 Å². The van der Waals surface area contributed by atoms with Crippen molar-refractivity contribution < 1.29 is 4.21 Å². The van der Waals surface area contributed by atoms with Gasteiger partial charge in [0.25, 0.3) is 0 Å². The molecule has 0 aliphatic heterocycles. The van der Waals surface area contributed by atoms with Gasteiger partial charge in [0.2, 0.25) is 0 Å². The van der Waals surface area contributed by atoms with E-state index < -0.39 is 9.83 Å². The topological polar surface area (TPSA) is 17.1 Å². The maximum atomic E-state index is 11.1. The van der Waals surface area contributed by atoms with Crippen LogP contribution in [0.25, 0.3) is 0 Å². The maximum absolute atomic E-state index is 11.1. The van der Waals surface area contributed by atoms with Gasteiger partial charge in [-0.25, -0.2) is 4.21 Å². The van der Waals surface area contributed by atoms with Gasteiger partial charge in [0.1, 0.15) is 9.83 Å². The number of benzene rings is 1. The van der Waals surface area contributed by atoms with Crippen LogP contribution in [0.5, 0.6) is 0 Å². The molecule has 3 heteroatoms. The van der Waals surface area contributed by atoms with Crippen molar-refractivity contribution in [2.75, 3.05) is 6.26 Å². The minimum atomic E-state index is -0.874. The standard InChI is InChI=1S/C7H8OS2/c1-9-10(8)7-5-3-2-4-6-7/h2-6H,1H3. The molecule has 0 spiro atoms. The zero-order valence-electron chi connectivity index (χ0n) is 5.61. The smallest absolute Gasteiger partial charge is 0.112 e. The molecule has 0 N–H and O–H groups in total. The Kier molecular flexibility index (Phi) is 2.96. The van der Waals surface area contributed by atoms with Crippen LogP contribution in [0.3, 0.4) is 0 Å². The molecule has 0 radical (unpaired) electrons. The molecular formula is C7H8OS2. The lowest BCUT2D eigenvalue weighted by Crippen LogP contribution is -1.81. The van der Waals surface area contributed by atoms with E-state index in [0.29, 0.717) is 0 Å². The van der Waals surface area contributed by atoms with Gasteiger partial charge in [-0.3, -0.25) is 0 Å². The van der Waals surface area contributed by atoms with E-state index in [1.807, 2.05) is 36.6 Å². The molecule has 0 aromatic heterocycles. The van der Waals surface area contributed by atoms with Gasteiger partial charge in [-0.15, -0.1) is 0 Å². The van der Waals surface area contributed by atoms with E-state index in [-0.39, 0.29) is 0 Å². The van der Waals surface area contributed by atoms with Gasteiger partial charge >= 0.3 is 0 Å². The summed E-state index contributed by atoms with van der Waals surface area (Å²) in [4.78, 5) is 0.884. The Morgan fingerprint density at radius 3 is 2.40 bits per heavy atom. The minimum Gasteiger partial charge on any atom is -0.243 e. The van der Waals surface area contributed by atoms with Crippen LogP contribution in [0.1, 0.15) is 0 Å². The maximum Gasteiger partial charge on any atom is 0.112 e. The third-order valence-electron chi connectivity index (χ3n) is 1.09. The Morgan fingerprint density at radius 2 is 1.90 bits per heavy atom. The summed E-state index contributed by atoms with van der Waals surface area (Å²) in [6.45, 7) is 0. The molecule has 0 amide bonds. The first kappa shape index (κ1) is 7.82. The van der Waals surface area contributed by atoms with Gasteiger partial charge in [-0.2, -0.15) is 0 Å². The monoisotopic (exact) mass is 172 g/mol. The fourth-order valence-electron chi connectivity index (χ4n) is 0.628. The van der Waals surface area contributed by atoms with Gasteiger partial charge in [-0.05, 0) is 18.4 Å². The van der Waals surface area contributed by atoms with Crippen molar-refractivity contribution in [1.29, 1.82) is 0 Å². The van der Waals surface area contributed by atoms with Crippen LogP contribution < -0.4 is 0 Å². The number of hydrogen-bond acceptors (Lipinski definition) is 2. The molecule has 0 bridgehead atoms. The second kappa shape index (κ2) is 3.78. The molecule has 0 saturated carbocycles. The van der Waals surface area contributed by atoms with E-state index in [4.69, 9.17) is 0 Å². The quantitative estimate of drug-likeness (QED) is 0.635. The van der Waals surface area contributed by atoms with E-state index in [9.17, 15) is 4.21 Å². The molecule has 0 aliphatic rings. The third-order valence-corrected chi connectivity index (χ3v) is 3.53. The molecule has 0 heterocycles. The molecule has 1 rings (SSSR count). The Bertz CT molecular complexity index is 220. The van der Waals surface area contributed by atoms with E-state index in [2.05, 4.69) is 0 Å². The van der Waals surface area contributed by atoms with Crippen LogP contribution in [0, 0.1) is 0 Å². The van der Waals surface area contributed by atoms with Crippen molar-refractivity contribution in [1.82, 2.24) is 0 Å². The van der Waals surface area contributed by atoms with Gasteiger partial charge in [0.05, 0.1) is 0 Å². The molecule has 0 aliphatic carbocycles. The summed E-state index contributed by atoms with van der Waals surface area (Å²) in [6, 6.07) is 9.44. The first-order valence-corrected chi connectivity index (χ1v) is 5.75. The summed E-state index contributed by atoms with van der Waals surface area (Å²) >= 11 is 0. The molecule has 1 unspecified atom stereocenters. The zero-order chi connectivity index (χ0) is 7.40. The fourth-order valence-corrected chi connectivity index (χ4v) is 2.11. The normalized spacial score (nSPS) is 12.9. The Morgan fingerprint density at radius 1 is 1.30 bits per heavy atom. The molecule has 0 saturated heterocycles. The Labute approximate surface area is 66.7 Å². The molecule has 1 atom stereocenters. The predicted molar refractivity (Wildman–Crippen MR) is 46.4 cm³/mol. The van der Waals surface area contributed by atoms with Crippen LogP contribution in [-0.4, -0.2) is 10.5 Å². The summed E-state index contributed by atoms with van der Waals surface area (Å²) in [7, 11) is 0.476. The van der Waals surface area contributed by atoms with Crippen LogP contribution in [0.4, 0.5) is 0 Å². The first-order valence-electron chi connectivity index (χ1n) is 2.86. The second-order valence-electron chi connectivity index (χ2n) is 1.71. The molecule has 0 fully saturated rings. The summed E-state index contributed by atoms with van der Waals surface area (Å²) in [5.41, 5.74) is 0. The molecule has 1 nitrogen and oxygen atoms in total. The fraction of sp³-hybridized carbons (Fsp3) is 0.143. The lowest BCUT2D eigenvalue weighted by Gasteiger charge is -1.94. The molecule has 54 valence electrons. The molecule has 10 heavy (non-hydrogen) atoms. The number of rotatable bonds is 2. The largest absolute Gasteiger partial charge is 0.243 e. The van der Waals surface area contributed by atoms with Crippen molar-refractivity contribution in [2.45, 2.75) is 4.90 Å². The predicted octanol–water partition coefficient (Wildman–Crippen LogP) is 2.07. The summed E-state index contributed by atoms with van der Waals surface area (Å²) in [6.07, 6.45) is 1.84. The van der Waals surface area contributed by atoms with Crippen LogP contribution >= 0.6 is 10.8 Å². The molecule has 1 aromatic carbocycles. The highest BCUT2D eigenvalue weighted by molar-refractivity contribution is 8.68. The molecular weight excluding hydrogens is 164 g/mol.